The lowest BCUT2D eigenvalue weighted by Gasteiger charge is -2.09. The van der Waals surface area contributed by atoms with Crippen LogP contribution in [-0.2, 0) is 0 Å². The second-order valence-corrected chi connectivity index (χ2v) is 4.48. The van der Waals surface area contributed by atoms with Crippen molar-refractivity contribution in [2.75, 3.05) is 11.5 Å². The van der Waals surface area contributed by atoms with Gasteiger partial charge in [0, 0.05) is 16.3 Å². The summed E-state index contributed by atoms with van der Waals surface area (Å²) in [4.78, 5) is 1.07. The molecule has 0 saturated heterocycles. The first-order chi connectivity index (χ1) is 6.63. The van der Waals surface area contributed by atoms with E-state index in [1.807, 2.05) is 26.0 Å². The Hall–Kier alpha value is -0.670. The highest BCUT2D eigenvalue weighted by Gasteiger charge is 2.04. The molecule has 1 atom stereocenters. The van der Waals surface area contributed by atoms with Crippen molar-refractivity contribution in [3.63, 3.8) is 0 Å². The van der Waals surface area contributed by atoms with Crippen molar-refractivity contribution in [3.05, 3.63) is 23.8 Å². The van der Waals surface area contributed by atoms with E-state index in [-0.39, 0.29) is 6.10 Å². The fraction of sp³-hybridized carbons (Fsp3) is 0.455. The number of benzene rings is 1. The van der Waals surface area contributed by atoms with E-state index in [1.54, 1.807) is 11.8 Å². The molecule has 1 rings (SSSR count). The maximum atomic E-state index is 9.42. The summed E-state index contributed by atoms with van der Waals surface area (Å²) in [6.07, 6.45) is 0.554. The third-order valence-corrected chi connectivity index (χ3v) is 3.29. The summed E-state index contributed by atoms with van der Waals surface area (Å²) in [7, 11) is 0. The molecule has 1 aromatic rings. The Labute approximate surface area is 89.5 Å². The molecule has 2 nitrogen and oxygen atoms in total. The summed E-state index contributed by atoms with van der Waals surface area (Å²) in [5.74, 6) is 0.712. The molecule has 0 fully saturated rings. The van der Waals surface area contributed by atoms with Gasteiger partial charge in [0.15, 0.2) is 0 Å². The first kappa shape index (κ1) is 11.4. The lowest BCUT2D eigenvalue weighted by Crippen LogP contribution is -2.07. The average Bonchev–Trinajstić information content (AvgIpc) is 2.19. The second kappa shape index (κ2) is 5.27. The molecule has 0 aromatic heterocycles. The Bertz CT molecular complexity index is 301. The van der Waals surface area contributed by atoms with Gasteiger partial charge in [0.25, 0.3) is 0 Å². The van der Waals surface area contributed by atoms with Crippen LogP contribution in [0.4, 0.5) is 5.69 Å². The molecule has 0 aliphatic rings. The molecule has 0 spiro atoms. The van der Waals surface area contributed by atoms with Crippen LogP contribution >= 0.6 is 11.8 Å². The van der Waals surface area contributed by atoms with Gasteiger partial charge in [-0.2, -0.15) is 0 Å². The first-order valence-electron chi connectivity index (χ1n) is 4.80. The predicted molar refractivity (Wildman–Crippen MR) is 62.6 cm³/mol. The number of anilines is 1. The molecule has 0 bridgehead atoms. The molecule has 0 aliphatic heterocycles. The number of thioether (sulfide) groups is 1. The minimum absolute atomic E-state index is 0.236. The number of nitrogen functional groups attached to an aromatic ring is 1. The largest absolute Gasteiger partial charge is 0.398 e. The molecule has 3 N–H and O–H groups in total. The van der Waals surface area contributed by atoms with Crippen molar-refractivity contribution in [2.45, 2.75) is 31.3 Å². The molecule has 78 valence electrons. The highest BCUT2D eigenvalue weighted by Crippen LogP contribution is 2.26. The van der Waals surface area contributed by atoms with Crippen molar-refractivity contribution >= 4 is 17.4 Å². The molecule has 3 heteroatoms. The number of rotatable bonds is 4. The van der Waals surface area contributed by atoms with Crippen molar-refractivity contribution in [2.24, 2.45) is 0 Å². The molecule has 14 heavy (non-hydrogen) atoms. The molecule has 0 heterocycles. The van der Waals surface area contributed by atoms with E-state index >= 15 is 0 Å². The van der Waals surface area contributed by atoms with Crippen molar-refractivity contribution < 1.29 is 5.11 Å². The summed E-state index contributed by atoms with van der Waals surface area (Å²) in [5, 5.41) is 9.42. The quantitative estimate of drug-likeness (QED) is 0.594. The average molecular weight is 211 g/mol. The smallest absolute Gasteiger partial charge is 0.0631 e. The van der Waals surface area contributed by atoms with Crippen LogP contribution in [0.1, 0.15) is 18.9 Å². The molecule has 1 aromatic carbocycles. The van der Waals surface area contributed by atoms with E-state index in [4.69, 9.17) is 5.73 Å². The molecule has 0 saturated carbocycles. The molecule has 1 unspecified atom stereocenters. The van der Waals surface area contributed by atoms with Crippen LogP contribution in [0.5, 0.6) is 0 Å². The predicted octanol–water partition coefficient (Wildman–Crippen LogP) is 2.44. The lowest BCUT2D eigenvalue weighted by atomic mass is 10.2. The summed E-state index contributed by atoms with van der Waals surface area (Å²) in [6, 6.07) is 5.97. The normalized spacial score (nSPS) is 12.8. The summed E-state index contributed by atoms with van der Waals surface area (Å²) >= 11 is 1.62. The van der Waals surface area contributed by atoms with Crippen molar-refractivity contribution in [1.82, 2.24) is 0 Å². The minimum Gasteiger partial charge on any atom is -0.398 e. The van der Waals surface area contributed by atoms with Crippen LogP contribution in [0.15, 0.2) is 23.1 Å². The highest BCUT2D eigenvalue weighted by atomic mass is 32.2. The van der Waals surface area contributed by atoms with Gasteiger partial charge in [0.1, 0.15) is 0 Å². The van der Waals surface area contributed by atoms with Gasteiger partial charge in [-0.3, -0.25) is 0 Å². The zero-order valence-electron chi connectivity index (χ0n) is 8.66. The van der Waals surface area contributed by atoms with Crippen LogP contribution in [0.25, 0.3) is 0 Å². The van der Waals surface area contributed by atoms with Crippen molar-refractivity contribution in [1.29, 1.82) is 0 Å². The summed E-state index contributed by atoms with van der Waals surface area (Å²) < 4.78 is 0. The van der Waals surface area contributed by atoms with Gasteiger partial charge in [-0.25, -0.2) is 0 Å². The Morgan fingerprint density at radius 3 is 2.86 bits per heavy atom. The summed E-state index contributed by atoms with van der Waals surface area (Å²) in [5.41, 5.74) is 7.81. The lowest BCUT2D eigenvalue weighted by molar-refractivity contribution is 0.195. The monoisotopic (exact) mass is 211 g/mol. The fourth-order valence-electron chi connectivity index (χ4n) is 1.07. The number of aryl methyl sites for hydroxylation is 1. The van der Waals surface area contributed by atoms with Crippen LogP contribution in [0.2, 0.25) is 0 Å². The Morgan fingerprint density at radius 1 is 1.50 bits per heavy atom. The van der Waals surface area contributed by atoms with Crippen LogP contribution < -0.4 is 5.73 Å². The fourth-order valence-corrected chi connectivity index (χ4v) is 2.18. The van der Waals surface area contributed by atoms with Gasteiger partial charge in [0.05, 0.1) is 6.10 Å². The third kappa shape index (κ3) is 3.24. The maximum Gasteiger partial charge on any atom is 0.0631 e. The van der Waals surface area contributed by atoms with E-state index in [1.165, 1.54) is 5.56 Å². The highest BCUT2D eigenvalue weighted by molar-refractivity contribution is 7.99. The molecule has 0 radical (unpaired) electrons. The van der Waals surface area contributed by atoms with Gasteiger partial charge >= 0.3 is 0 Å². The number of hydrogen-bond acceptors (Lipinski definition) is 3. The van der Waals surface area contributed by atoms with Crippen molar-refractivity contribution in [3.8, 4) is 0 Å². The zero-order valence-corrected chi connectivity index (χ0v) is 9.47. The Kier molecular flexibility index (Phi) is 4.29. The second-order valence-electron chi connectivity index (χ2n) is 3.41. The van der Waals surface area contributed by atoms with Crippen LogP contribution in [0, 0.1) is 6.92 Å². The van der Waals surface area contributed by atoms with Crippen LogP contribution in [-0.4, -0.2) is 17.0 Å². The topological polar surface area (TPSA) is 46.2 Å². The van der Waals surface area contributed by atoms with E-state index < -0.39 is 0 Å². The number of aliphatic hydroxyl groups excluding tert-OH is 1. The zero-order chi connectivity index (χ0) is 10.6. The Balaban J connectivity index is 2.62. The standard InChI is InChI=1S/C11H17NOS/c1-3-9(13)7-14-11-6-8(2)4-5-10(11)12/h4-6,9,13H,3,7,12H2,1-2H3. The Morgan fingerprint density at radius 2 is 2.21 bits per heavy atom. The van der Waals surface area contributed by atoms with Gasteiger partial charge in [-0.05, 0) is 31.0 Å². The van der Waals surface area contributed by atoms with Gasteiger partial charge in [0.2, 0.25) is 0 Å². The third-order valence-electron chi connectivity index (χ3n) is 2.07. The van der Waals surface area contributed by atoms with Gasteiger partial charge in [-0.15, -0.1) is 11.8 Å². The van der Waals surface area contributed by atoms with E-state index in [0.29, 0.717) is 5.75 Å². The van der Waals surface area contributed by atoms with Gasteiger partial charge < -0.3 is 10.8 Å². The molecule has 0 amide bonds. The maximum absolute atomic E-state index is 9.42. The summed E-state index contributed by atoms with van der Waals surface area (Å²) in [6.45, 7) is 4.02. The van der Waals surface area contributed by atoms with E-state index in [0.717, 1.165) is 17.0 Å². The van der Waals surface area contributed by atoms with E-state index in [2.05, 4.69) is 6.07 Å². The minimum atomic E-state index is -0.236. The number of aliphatic hydroxyl groups is 1. The first-order valence-corrected chi connectivity index (χ1v) is 5.79. The van der Waals surface area contributed by atoms with Gasteiger partial charge in [-0.1, -0.05) is 13.0 Å². The molecule has 0 aliphatic carbocycles. The molecular formula is C11H17NOS. The van der Waals surface area contributed by atoms with Crippen LogP contribution in [0.3, 0.4) is 0 Å². The SMILES string of the molecule is CCC(O)CSc1cc(C)ccc1N. The molecular weight excluding hydrogens is 194 g/mol. The number of nitrogens with two attached hydrogens (primary N) is 1. The van der Waals surface area contributed by atoms with E-state index in [9.17, 15) is 5.11 Å². The number of hydrogen-bond donors (Lipinski definition) is 2.